The summed E-state index contributed by atoms with van der Waals surface area (Å²) >= 11 is 0. The summed E-state index contributed by atoms with van der Waals surface area (Å²) in [7, 11) is -2.30. The first kappa shape index (κ1) is 10.4. The number of fused-ring (bicyclic) bond motifs is 2. The highest BCUT2D eigenvalue weighted by Gasteiger charge is 2.19. The van der Waals surface area contributed by atoms with Crippen LogP contribution in [-0.4, -0.2) is 4.89 Å². The standard InChI is InChI=1S/C14H9O2P/c15-17(16)14-7-3-6-12-8-10-4-1-2-5-11(10)9-13(12)14/h1-9H/p+1. The molecule has 0 saturated heterocycles. The van der Waals surface area contributed by atoms with Crippen molar-refractivity contribution in [3.63, 3.8) is 0 Å². The van der Waals surface area contributed by atoms with E-state index in [1.54, 1.807) is 6.07 Å². The second-order valence-corrected chi connectivity index (χ2v) is 5.00. The van der Waals surface area contributed by atoms with E-state index in [2.05, 4.69) is 0 Å². The van der Waals surface area contributed by atoms with Crippen molar-refractivity contribution in [3.05, 3.63) is 54.6 Å². The minimum absolute atomic E-state index is 0.503. The molecule has 1 N–H and O–H groups in total. The molecule has 0 bridgehead atoms. The minimum Gasteiger partial charge on any atom is -0.156 e. The highest BCUT2D eigenvalue weighted by atomic mass is 31.1. The van der Waals surface area contributed by atoms with Crippen LogP contribution in [0.3, 0.4) is 0 Å². The third-order valence-corrected chi connectivity index (χ3v) is 3.73. The monoisotopic (exact) mass is 241 g/mol. The lowest BCUT2D eigenvalue weighted by atomic mass is 10.0. The first-order valence-electron chi connectivity index (χ1n) is 5.33. The molecular weight excluding hydrogens is 231 g/mol. The Labute approximate surface area is 99.4 Å². The van der Waals surface area contributed by atoms with E-state index < -0.39 is 8.03 Å². The quantitative estimate of drug-likeness (QED) is 0.524. The molecule has 0 saturated carbocycles. The zero-order chi connectivity index (χ0) is 11.8. The Hall–Kier alpha value is -1.76. The van der Waals surface area contributed by atoms with E-state index in [0.29, 0.717) is 5.30 Å². The van der Waals surface area contributed by atoms with Crippen LogP contribution < -0.4 is 5.30 Å². The van der Waals surface area contributed by atoms with Crippen LogP contribution in [0, 0.1) is 0 Å². The van der Waals surface area contributed by atoms with Crippen molar-refractivity contribution in [3.8, 4) is 0 Å². The fourth-order valence-electron chi connectivity index (χ4n) is 2.12. The average molecular weight is 241 g/mol. The van der Waals surface area contributed by atoms with Gasteiger partial charge in [-0.05, 0) is 38.9 Å². The molecule has 3 rings (SSSR count). The van der Waals surface area contributed by atoms with Gasteiger partial charge in [0.15, 0.2) is 0 Å². The van der Waals surface area contributed by atoms with Gasteiger partial charge in [0.1, 0.15) is 0 Å². The van der Waals surface area contributed by atoms with Crippen LogP contribution in [0.2, 0.25) is 0 Å². The maximum atomic E-state index is 11.3. The maximum Gasteiger partial charge on any atom is 0.546 e. The Kier molecular flexibility index (Phi) is 2.40. The Morgan fingerprint density at radius 3 is 2.18 bits per heavy atom. The SMILES string of the molecule is O=[P+](O)c1cccc2cc3ccccc3cc12. The molecule has 0 aliphatic carbocycles. The van der Waals surface area contributed by atoms with Gasteiger partial charge < -0.3 is 0 Å². The second kappa shape index (κ2) is 3.92. The van der Waals surface area contributed by atoms with E-state index in [1.807, 2.05) is 48.5 Å². The lowest BCUT2D eigenvalue weighted by molar-refractivity contribution is 0.513. The predicted molar refractivity (Wildman–Crippen MR) is 70.9 cm³/mol. The van der Waals surface area contributed by atoms with E-state index in [-0.39, 0.29) is 0 Å². The highest BCUT2D eigenvalue weighted by molar-refractivity contribution is 7.48. The van der Waals surface area contributed by atoms with Gasteiger partial charge in [-0.25, -0.2) is 0 Å². The summed E-state index contributed by atoms with van der Waals surface area (Å²) in [5.74, 6) is 0. The van der Waals surface area contributed by atoms with Gasteiger partial charge in [-0.1, -0.05) is 36.4 Å². The first-order valence-corrected chi connectivity index (χ1v) is 6.54. The zero-order valence-corrected chi connectivity index (χ0v) is 9.89. The Morgan fingerprint density at radius 1 is 0.824 bits per heavy atom. The van der Waals surface area contributed by atoms with Crippen LogP contribution >= 0.6 is 8.03 Å². The lowest BCUT2D eigenvalue weighted by Crippen LogP contribution is -1.97. The van der Waals surface area contributed by atoms with Gasteiger partial charge >= 0.3 is 8.03 Å². The molecule has 0 amide bonds. The van der Waals surface area contributed by atoms with Gasteiger partial charge in [0.05, 0.1) is 0 Å². The summed E-state index contributed by atoms with van der Waals surface area (Å²) in [5, 5.41) is 4.59. The molecule has 0 aliphatic heterocycles. The van der Waals surface area contributed by atoms with Crippen LogP contribution in [0.4, 0.5) is 0 Å². The van der Waals surface area contributed by atoms with Crippen molar-refractivity contribution in [2.75, 3.05) is 0 Å². The van der Waals surface area contributed by atoms with Crippen LogP contribution in [0.25, 0.3) is 21.5 Å². The smallest absolute Gasteiger partial charge is 0.156 e. The van der Waals surface area contributed by atoms with Crippen LogP contribution in [-0.2, 0) is 4.57 Å². The molecule has 3 aromatic rings. The number of benzene rings is 3. The number of rotatable bonds is 1. The normalized spacial score (nSPS) is 11.9. The second-order valence-electron chi connectivity index (χ2n) is 3.97. The van der Waals surface area contributed by atoms with Crippen molar-refractivity contribution in [2.24, 2.45) is 0 Å². The Morgan fingerprint density at radius 2 is 1.47 bits per heavy atom. The molecule has 1 unspecified atom stereocenters. The third-order valence-electron chi connectivity index (χ3n) is 2.93. The van der Waals surface area contributed by atoms with Gasteiger partial charge in [0, 0.05) is 5.39 Å². The number of hydrogen-bond acceptors (Lipinski definition) is 1. The van der Waals surface area contributed by atoms with E-state index in [1.165, 1.54) is 0 Å². The van der Waals surface area contributed by atoms with Gasteiger partial charge in [-0.2, -0.15) is 4.89 Å². The van der Waals surface area contributed by atoms with Crippen molar-refractivity contribution < 1.29 is 9.46 Å². The third kappa shape index (κ3) is 1.72. The van der Waals surface area contributed by atoms with Gasteiger partial charge in [-0.15, -0.1) is 0 Å². The molecule has 3 heteroatoms. The molecule has 1 atom stereocenters. The van der Waals surface area contributed by atoms with E-state index in [4.69, 9.17) is 0 Å². The molecule has 17 heavy (non-hydrogen) atoms. The summed E-state index contributed by atoms with van der Waals surface area (Å²) < 4.78 is 11.3. The summed E-state index contributed by atoms with van der Waals surface area (Å²) in [6, 6.07) is 17.5. The summed E-state index contributed by atoms with van der Waals surface area (Å²) in [4.78, 5) is 9.30. The molecule has 3 aromatic carbocycles. The molecule has 82 valence electrons. The predicted octanol–water partition coefficient (Wildman–Crippen LogP) is 3.35. The minimum atomic E-state index is -2.30. The molecule has 0 radical (unpaired) electrons. The topological polar surface area (TPSA) is 37.3 Å². The largest absolute Gasteiger partial charge is 0.546 e. The number of hydrogen-bond donors (Lipinski definition) is 1. The van der Waals surface area contributed by atoms with Crippen molar-refractivity contribution in [1.29, 1.82) is 0 Å². The van der Waals surface area contributed by atoms with Crippen LogP contribution in [0.15, 0.2) is 54.6 Å². The Balaban J connectivity index is 2.47. The van der Waals surface area contributed by atoms with Crippen molar-refractivity contribution >= 4 is 34.9 Å². The van der Waals surface area contributed by atoms with Crippen molar-refractivity contribution in [1.82, 2.24) is 0 Å². The van der Waals surface area contributed by atoms with E-state index in [0.717, 1.165) is 21.5 Å². The van der Waals surface area contributed by atoms with E-state index >= 15 is 0 Å². The van der Waals surface area contributed by atoms with E-state index in [9.17, 15) is 9.46 Å². The average Bonchev–Trinajstić information content (AvgIpc) is 2.35. The molecule has 0 spiro atoms. The molecule has 0 heterocycles. The molecule has 2 nitrogen and oxygen atoms in total. The molecule has 0 aromatic heterocycles. The fourth-order valence-corrected chi connectivity index (χ4v) is 2.73. The van der Waals surface area contributed by atoms with Crippen molar-refractivity contribution in [2.45, 2.75) is 0 Å². The first-order chi connectivity index (χ1) is 8.25. The van der Waals surface area contributed by atoms with Gasteiger partial charge in [-0.3, -0.25) is 0 Å². The maximum absolute atomic E-state index is 11.3. The van der Waals surface area contributed by atoms with Gasteiger partial charge in [0.25, 0.3) is 0 Å². The van der Waals surface area contributed by atoms with Crippen LogP contribution in [0.5, 0.6) is 0 Å². The van der Waals surface area contributed by atoms with Crippen LogP contribution in [0.1, 0.15) is 0 Å². The fraction of sp³-hybridized carbons (Fsp3) is 0. The lowest BCUT2D eigenvalue weighted by Gasteiger charge is -2.01. The summed E-state index contributed by atoms with van der Waals surface area (Å²) in [6.45, 7) is 0. The summed E-state index contributed by atoms with van der Waals surface area (Å²) in [5.41, 5.74) is 0. The zero-order valence-electron chi connectivity index (χ0n) is 9.00. The summed E-state index contributed by atoms with van der Waals surface area (Å²) in [6.07, 6.45) is 0. The highest BCUT2D eigenvalue weighted by Crippen LogP contribution is 2.26. The molecular formula is C14H10O2P+. The Bertz CT molecular complexity index is 734. The van der Waals surface area contributed by atoms with Gasteiger partial charge in [0.2, 0.25) is 5.30 Å². The molecule has 0 fully saturated rings. The molecule has 0 aliphatic rings.